The smallest absolute Gasteiger partial charge is 0.0693 e. The third kappa shape index (κ3) is 3.78. The van der Waals surface area contributed by atoms with Crippen LogP contribution < -0.4 is 5.32 Å². The van der Waals surface area contributed by atoms with E-state index in [-0.39, 0.29) is 6.10 Å². The minimum absolute atomic E-state index is 0.275. The molecular weight excluding hydrogens is 194 g/mol. The number of hydrogen-bond acceptors (Lipinski definition) is 3. The molecule has 3 heteroatoms. The Morgan fingerprint density at radius 3 is 2.86 bits per heavy atom. The minimum atomic E-state index is 0.275. The predicted octanol–water partition coefficient (Wildman–Crippen LogP) is 2.30. The second kappa shape index (κ2) is 6.17. The van der Waals surface area contributed by atoms with E-state index >= 15 is 0 Å². The zero-order valence-electron chi connectivity index (χ0n) is 9.12. The minimum Gasteiger partial charge on any atom is -0.380 e. The molecule has 80 valence electrons. The number of hydrogen-bond donors (Lipinski definition) is 1. The molecule has 0 spiro atoms. The van der Waals surface area contributed by atoms with E-state index in [1.807, 2.05) is 0 Å². The van der Waals surface area contributed by atoms with Gasteiger partial charge in [-0.2, -0.15) is 11.3 Å². The van der Waals surface area contributed by atoms with Gasteiger partial charge in [-0.25, -0.2) is 0 Å². The summed E-state index contributed by atoms with van der Waals surface area (Å²) in [5, 5.41) is 7.77. The molecule has 1 rings (SSSR count). The predicted molar refractivity (Wildman–Crippen MR) is 62.0 cm³/mol. The van der Waals surface area contributed by atoms with Gasteiger partial charge in [0, 0.05) is 13.2 Å². The number of thiophene rings is 1. The van der Waals surface area contributed by atoms with Crippen LogP contribution >= 0.6 is 11.3 Å². The van der Waals surface area contributed by atoms with Gasteiger partial charge >= 0.3 is 0 Å². The van der Waals surface area contributed by atoms with Gasteiger partial charge in [-0.3, -0.25) is 0 Å². The van der Waals surface area contributed by atoms with Crippen LogP contribution in [0.5, 0.6) is 0 Å². The van der Waals surface area contributed by atoms with Crippen molar-refractivity contribution >= 4 is 11.3 Å². The maximum atomic E-state index is 5.24. The van der Waals surface area contributed by atoms with Gasteiger partial charge in [0.25, 0.3) is 0 Å². The van der Waals surface area contributed by atoms with Crippen LogP contribution in [0.25, 0.3) is 0 Å². The molecule has 0 bridgehead atoms. The van der Waals surface area contributed by atoms with Gasteiger partial charge in [0.15, 0.2) is 0 Å². The van der Waals surface area contributed by atoms with Crippen LogP contribution in [0.4, 0.5) is 0 Å². The highest BCUT2D eigenvalue weighted by Gasteiger charge is 2.09. The van der Waals surface area contributed by atoms with E-state index in [0.29, 0.717) is 6.04 Å². The Morgan fingerprint density at radius 2 is 2.29 bits per heavy atom. The molecule has 0 radical (unpaired) electrons. The first-order valence-electron chi connectivity index (χ1n) is 5.01. The Bertz CT molecular complexity index is 235. The van der Waals surface area contributed by atoms with E-state index in [0.717, 1.165) is 13.0 Å². The van der Waals surface area contributed by atoms with Crippen molar-refractivity contribution in [3.05, 3.63) is 22.4 Å². The Kier molecular flexibility index (Phi) is 5.15. The Morgan fingerprint density at radius 1 is 1.50 bits per heavy atom. The summed E-state index contributed by atoms with van der Waals surface area (Å²) in [5.74, 6) is 0. The normalized spacial score (nSPS) is 15.4. The molecule has 1 heterocycles. The van der Waals surface area contributed by atoms with Gasteiger partial charge < -0.3 is 10.1 Å². The molecule has 0 aliphatic rings. The molecular formula is C11H19NOS. The highest BCUT2D eigenvalue weighted by atomic mass is 32.1. The van der Waals surface area contributed by atoms with Crippen LogP contribution in [-0.2, 0) is 11.2 Å². The molecule has 14 heavy (non-hydrogen) atoms. The number of ether oxygens (including phenoxy) is 1. The van der Waals surface area contributed by atoms with E-state index in [4.69, 9.17) is 4.74 Å². The van der Waals surface area contributed by atoms with Crippen molar-refractivity contribution in [2.45, 2.75) is 32.4 Å². The molecule has 0 aromatic carbocycles. The van der Waals surface area contributed by atoms with E-state index in [1.54, 1.807) is 18.4 Å². The lowest BCUT2D eigenvalue weighted by molar-refractivity contribution is 0.0890. The molecule has 0 saturated heterocycles. The van der Waals surface area contributed by atoms with E-state index in [2.05, 4.69) is 36.0 Å². The fraction of sp³-hybridized carbons (Fsp3) is 0.636. The van der Waals surface area contributed by atoms with Crippen molar-refractivity contribution < 1.29 is 4.74 Å². The molecule has 2 nitrogen and oxygen atoms in total. The molecule has 1 aromatic heterocycles. The summed E-state index contributed by atoms with van der Waals surface area (Å²) in [5.41, 5.74) is 1.42. The standard InChI is InChI=1S/C11H19NOS/c1-9(10(2)13-3)12-6-4-11-5-7-14-8-11/h5,7-10,12H,4,6H2,1-3H3. The SMILES string of the molecule is COC(C)C(C)NCCc1ccsc1. The molecule has 0 fully saturated rings. The van der Waals surface area contributed by atoms with Crippen LogP contribution in [0.15, 0.2) is 16.8 Å². The van der Waals surface area contributed by atoms with Crippen LogP contribution in [0.1, 0.15) is 19.4 Å². The largest absolute Gasteiger partial charge is 0.380 e. The number of nitrogens with one attached hydrogen (secondary N) is 1. The van der Waals surface area contributed by atoms with Gasteiger partial charge in [0.05, 0.1) is 6.10 Å². The van der Waals surface area contributed by atoms with E-state index < -0.39 is 0 Å². The highest BCUT2D eigenvalue weighted by Crippen LogP contribution is 2.06. The summed E-state index contributed by atoms with van der Waals surface area (Å²) in [4.78, 5) is 0. The molecule has 1 aromatic rings. The maximum absolute atomic E-state index is 5.24. The summed E-state index contributed by atoms with van der Waals surface area (Å²) < 4.78 is 5.24. The van der Waals surface area contributed by atoms with Gasteiger partial charge in [0.1, 0.15) is 0 Å². The fourth-order valence-electron chi connectivity index (χ4n) is 1.25. The lowest BCUT2D eigenvalue weighted by Crippen LogP contribution is -2.37. The second-order valence-electron chi connectivity index (χ2n) is 3.57. The molecule has 2 unspecified atom stereocenters. The fourth-order valence-corrected chi connectivity index (χ4v) is 1.95. The van der Waals surface area contributed by atoms with E-state index in [9.17, 15) is 0 Å². The van der Waals surface area contributed by atoms with Crippen LogP contribution in [0.3, 0.4) is 0 Å². The van der Waals surface area contributed by atoms with Gasteiger partial charge in [0.2, 0.25) is 0 Å². The maximum Gasteiger partial charge on any atom is 0.0693 e. The number of rotatable bonds is 6. The number of methoxy groups -OCH3 is 1. The topological polar surface area (TPSA) is 21.3 Å². The van der Waals surface area contributed by atoms with Crippen molar-refractivity contribution in [2.24, 2.45) is 0 Å². The molecule has 0 aliphatic carbocycles. The zero-order chi connectivity index (χ0) is 10.4. The third-order valence-corrected chi connectivity index (χ3v) is 3.27. The first-order valence-corrected chi connectivity index (χ1v) is 5.95. The average molecular weight is 213 g/mol. The first kappa shape index (κ1) is 11.7. The molecule has 2 atom stereocenters. The molecule has 0 aliphatic heterocycles. The van der Waals surface area contributed by atoms with Crippen molar-refractivity contribution in [1.29, 1.82) is 0 Å². The van der Waals surface area contributed by atoms with Crippen LogP contribution in [0, 0.1) is 0 Å². The average Bonchev–Trinajstić information content (AvgIpc) is 2.69. The van der Waals surface area contributed by atoms with Gasteiger partial charge in [-0.1, -0.05) is 0 Å². The summed E-state index contributed by atoms with van der Waals surface area (Å²) in [6, 6.07) is 2.59. The quantitative estimate of drug-likeness (QED) is 0.783. The van der Waals surface area contributed by atoms with Gasteiger partial charge in [-0.05, 0) is 49.2 Å². The summed E-state index contributed by atoms with van der Waals surface area (Å²) >= 11 is 1.76. The van der Waals surface area contributed by atoms with Crippen LogP contribution in [-0.4, -0.2) is 25.8 Å². The second-order valence-corrected chi connectivity index (χ2v) is 4.35. The van der Waals surface area contributed by atoms with Crippen molar-refractivity contribution in [2.75, 3.05) is 13.7 Å². The lowest BCUT2D eigenvalue weighted by atomic mass is 10.2. The Balaban J connectivity index is 2.15. The monoisotopic (exact) mass is 213 g/mol. The van der Waals surface area contributed by atoms with Crippen LogP contribution in [0.2, 0.25) is 0 Å². The Labute approximate surface area is 90.3 Å². The van der Waals surface area contributed by atoms with Crippen molar-refractivity contribution in [1.82, 2.24) is 5.32 Å². The van der Waals surface area contributed by atoms with Crippen molar-refractivity contribution in [3.8, 4) is 0 Å². The third-order valence-electron chi connectivity index (χ3n) is 2.54. The Hall–Kier alpha value is -0.380. The molecule has 0 amide bonds. The molecule has 1 N–H and O–H groups in total. The zero-order valence-corrected chi connectivity index (χ0v) is 9.93. The van der Waals surface area contributed by atoms with Crippen molar-refractivity contribution in [3.63, 3.8) is 0 Å². The highest BCUT2D eigenvalue weighted by molar-refractivity contribution is 7.07. The first-order chi connectivity index (χ1) is 6.74. The summed E-state index contributed by atoms with van der Waals surface area (Å²) in [6.07, 6.45) is 1.38. The van der Waals surface area contributed by atoms with E-state index in [1.165, 1.54) is 5.56 Å². The lowest BCUT2D eigenvalue weighted by Gasteiger charge is -2.19. The summed E-state index contributed by atoms with van der Waals surface area (Å²) in [6.45, 7) is 5.26. The summed E-state index contributed by atoms with van der Waals surface area (Å²) in [7, 11) is 1.75. The molecule has 0 saturated carbocycles. The van der Waals surface area contributed by atoms with Gasteiger partial charge in [-0.15, -0.1) is 0 Å².